The van der Waals surface area contributed by atoms with Gasteiger partial charge in [-0.1, -0.05) is 19.1 Å². The molecule has 0 aromatic heterocycles. The van der Waals surface area contributed by atoms with E-state index in [1.54, 1.807) is 6.92 Å². The zero-order valence-corrected chi connectivity index (χ0v) is 25.3. The Kier molecular flexibility index (Phi) is 9.57. The first-order valence-electron chi connectivity index (χ1n) is 14.1. The highest BCUT2D eigenvalue weighted by molar-refractivity contribution is 7.92. The van der Waals surface area contributed by atoms with Crippen molar-refractivity contribution >= 4 is 39.1 Å². The molecule has 5 N–H and O–H groups in total. The van der Waals surface area contributed by atoms with Crippen LogP contribution >= 0.6 is 0 Å². The third-order valence-corrected chi connectivity index (χ3v) is 9.89. The second kappa shape index (κ2) is 13.0. The van der Waals surface area contributed by atoms with Crippen LogP contribution in [0.25, 0.3) is 0 Å². The predicted molar refractivity (Wildman–Crippen MR) is 161 cm³/mol. The number of nitrogens with two attached hydrogens (primary N) is 1. The fourth-order valence-electron chi connectivity index (χ4n) is 5.32. The first kappa shape index (κ1) is 32.4. The van der Waals surface area contributed by atoms with Crippen molar-refractivity contribution < 1.29 is 36.7 Å². The quantitative estimate of drug-likeness (QED) is 0.234. The molecule has 1 heterocycles. The number of sulfone groups is 1. The third kappa shape index (κ3) is 6.67. The van der Waals surface area contributed by atoms with Gasteiger partial charge >= 0.3 is 6.09 Å². The maximum Gasteiger partial charge on any atom is 0.409 e. The average Bonchev–Trinajstić information content (AvgIpc) is 3.46. The Balaban J connectivity index is 1.84. The number of nitrogens with zero attached hydrogens (tertiary/aromatic N) is 1. The molecular formula is C31H34F2N4O6S. The van der Waals surface area contributed by atoms with Gasteiger partial charge in [0.15, 0.2) is 9.84 Å². The molecule has 1 aliphatic rings. The van der Waals surface area contributed by atoms with Crippen LogP contribution in [0.4, 0.5) is 25.0 Å². The molecule has 0 saturated carbocycles. The summed E-state index contributed by atoms with van der Waals surface area (Å²) in [5.74, 6) is -2.61. The van der Waals surface area contributed by atoms with Crippen molar-refractivity contribution in [3.63, 3.8) is 0 Å². The number of carboxylic acid groups (broad SMARTS) is 1. The monoisotopic (exact) mass is 628 g/mol. The smallest absolute Gasteiger partial charge is 0.409 e. The Morgan fingerprint density at radius 2 is 1.75 bits per heavy atom. The van der Waals surface area contributed by atoms with Gasteiger partial charge in [-0.05, 0) is 92.3 Å². The summed E-state index contributed by atoms with van der Waals surface area (Å²) < 4.78 is 56.2. The molecule has 1 saturated heterocycles. The number of likely N-dealkylation sites (tertiary alicyclic amines) is 1. The molecule has 0 bridgehead atoms. The molecule has 4 rings (SSSR count). The summed E-state index contributed by atoms with van der Waals surface area (Å²) >= 11 is 0. The van der Waals surface area contributed by atoms with Crippen LogP contribution in [0.2, 0.25) is 0 Å². The maximum absolute atomic E-state index is 15.0. The lowest BCUT2D eigenvalue weighted by Crippen LogP contribution is -2.38. The van der Waals surface area contributed by atoms with Crippen molar-refractivity contribution in [2.75, 3.05) is 17.2 Å². The predicted octanol–water partition coefficient (Wildman–Crippen LogP) is 5.42. The van der Waals surface area contributed by atoms with Crippen molar-refractivity contribution in [1.82, 2.24) is 4.90 Å². The molecule has 44 heavy (non-hydrogen) atoms. The highest BCUT2D eigenvalue weighted by Gasteiger charge is 2.38. The summed E-state index contributed by atoms with van der Waals surface area (Å²) in [5, 5.41) is 13.6. The lowest BCUT2D eigenvalue weighted by atomic mass is 9.98. The number of hydrogen-bond donors (Lipinski definition) is 4. The van der Waals surface area contributed by atoms with Crippen LogP contribution in [0.5, 0.6) is 0 Å². The second-order valence-corrected chi connectivity index (χ2v) is 13.3. The lowest BCUT2D eigenvalue weighted by molar-refractivity contribution is -0.133. The van der Waals surface area contributed by atoms with Gasteiger partial charge in [0, 0.05) is 17.8 Å². The van der Waals surface area contributed by atoms with E-state index in [1.807, 2.05) is 0 Å². The van der Waals surface area contributed by atoms with E-state index in [9.17, 15) is 36.7 Å². The Morgan fingerprint density at radius 1 is 1.05 bits per heavy atom. The zero-order chi connectivity index (χ0) is 32.3. The molecular weight excluding hydrogens is 594 g/mol. The Morgan fingerprint density at radius 3 is 2.39 bits per heavy atom. The van der Waals surface area contributed by atoms with Gasteiger partial charge in [0.05, 0.1) is 21.9 Å². The number of nitrogens with one attached hydrogen (secondary N) is 2. The van der Waals surface area contributed by atoms with Gasteiger partial charge in [0.2, 0.25) is 11.8 Å². The van der Waals surface area contributed by atoms with E-state index in [-0.39, 0.29) is 33.9 Å². The SMILES string of the molecule is CCc1cc(C(Nc2cc(C(N)=O)ccc2F)C(=O)N2CCCC2c2cc(NC(=O)O)ccc2S(=O)(=O)C(C)C)ccc1F. The number of amides is 3. The molecule has 3 amide bonds. The molecule has 1 fully saturated rings. The van der Waals surface area contributed by atoms with Crippen molar-refractivity contribution in [1.29, 1.82) is 0 Å². The molecule has 0 aliphatic carbocycles. The fraction of sp³-hybridized carbons (Fsp3) is 0.323. The normalized spacial score (nSPS) is 15.7. The van der Waals surface area contributed by atoms with Crippen LogP contribution in [0.3, 0.4) is 0 Å². The summed E-state index contributed by atoms with van der Waals surface area (Å²) in [6, 6.07) is 9.55. The molecule has 234 valence electrons. The second-order valence-electron chi connectivity index (χ2n) is 10.8. The van der Waals surface area contributed by atoms with Gasteiger partial charge in [-0.25, -0.2) is 22.0 Å². The highest BCUT2D eigenvalue weighted by Crippen LogP contribution is 2.40. The zero-order valence-electron chi connectivity index (χ0n) is 24.4. The number of halogens is 2. The van der Waals surface area contributed by atoms with Gasteiger partial charge in [-0.3, -0.25) is 14.9 Å². The maximum atomic E-state index is 15.0. The topological polar surface area (TPSA) is 159 Å². The van der Waals surface area contributed by atoms with E-state index in [2.05, 4.69) is 10.6 Å². The minimum absolute atomic E-state index is 0.00113. The summed E-state index contributed by atoms with van der Waals surface area (Å²) in [6.07, 6.45) is -0.166. The van der Waals surface area contributed by atoms with Crippen LogP contribution in [-0.2, 0) is 21.1 Å². The van der Waals surface area contributed by atoms with E-state index in [0.29, 0.717) is 30.4 Å². The van der Waals surface area contributed by atoms with Crippen LogP contribution in [-0.4, -0.2) is 48.1 Å². The fourth-order valence-corrected chi connectivity index (χ4v) is 6.61. The first-order chi connectivity index (χ1) is 20.7. The van der Waals surface area contributed by atoms with E-state index >= 15 is 0 Å². The molecule has 13 heteroatoms. The van der Waals surface area contributed by atoms with Crippen LogP contribution in [0, 0.1) is 11.6 Å². The van der Waals surface area contributed by atoms with Crippen molar-refractivity contribution in [2.24, 2.45) is 5.73 Å². The van der Waals surface area contributed by atoms with Crippen LogP contribution in [0.1, 0.15) is 72.7 Å². The highest BCUT2D eigenvalue weighted by atomic mass is 32.2. The molecule has 0 radical (unpaired) electrons. The average molecular weight is 629 g/mol. The Labute approximate surface area is 254 Å². The molecule has 2 atom stereocenters. The molecule has 3 aromatic rings. The standard InChI is InChI=1S/C31H34F2N4O6S/c1-4-18-14-19(7-10-23(18)32)28(36-25-15-20(29(34)38)8-11-24(25)33)30(39)37-13-5-6-26(37)22-16-21(35-31(40)41)9-12-27(22)44(42,43)17(2)3/h7-12,14-17,26,28,35-36H,4-6,13H2,1-3H3,(H2,34,38)(H,40,41). The number of carbonyl (C=O) groups excluding carboxylic acids is 2. The van der Waals surface area contributed by atoms with E-state index in [0.717, 1.165) is 6.07 Å². The third-order valence-electron chi connectivity index (χ3n) is 7.66. The van der Waals surface area contributed by atoms with Gasteiger partial charge in [0.1, 0.15) is 17.7 Å². The molecule has 2 unspecified atom stereocenters. The Bertz CT molecular complexity index is 1710. The lowest BCUT2D eigenvalue weighted by Gasteiger charge is -2.32. The number of rotatable bonds is 10. The van der Waals surface area contributed by atoms with Crippen molar-refractivity contribution in [3.05, 3.63) is 88.5 Å². The van der Waals surface area contributed by atoms with Gasteiger partial charge in [-0.2, -0.15) is 0 Å². The largest absolute Gasteiger partial charge is 0.465 e. The van der Waals surface area contributed by atoms with Crippen molar-refractivity contribution in [3.8, 4) is 0 Å². The summed E-state index contributed by atoms with van der Waals surface area (Å²) in [5.41, 5.74) is 6.21. The Hall–Kier alpha value is -4.52. The number of carbonyl (C=O) groups is 3. The first-order valence-corrected chi connectivity index (χ1v) is 15.6. The number of benzene rings is 3. The number of hydrogen-bond acceptors (Lipinski definition) is 6. The van der Waals surface area contributed by atoms with Crippen LogP contribution < -0.4 is 16.4 Å². The summed E-state index contributed by atoms with van der Waals surface area (Å²) in [7, 11) is -3.86. The summed E-state index contributed by atoms with van der Waals surface area (Å²) in [4.78, 5) is 39.0. The summed E-state index contributed by atoms with van der Waals surface area (Å²) in [6.45, 7) is 5.00. The van der Waals surface area contributed by atoms with Gasteiger partial charge in [0.25, 0.3) is 0 Å². The molecule has 10 nitrogen and oxygen atoms in total. The van der Waals surface area contributed by atoms with Gasteiger partial charge < -0.3 is 21.1 Å². The van der Waals surface area contributed by atoms with Crippen LogP contribution in [0.15, 0.2) is 59.5 Å². The molecule has 0 spiro atoms. The van der Waals surface area contributed by atoms with E-state index in [4.69, 9.17) is 5.73 Å². The minimum atomic E-state index is -3.86. The number of aryl methyl sites for hydroxylation is 1. The number of primary amides is 1. The number of anilines is 2. The van der Waals surface area contributed by atoms with E-state index < -0.39 is 56.7 Å². The minimum Gasteiger partial charge on any atom is -0.465 e. The van der Waals surface area contributed by atoms with Gasteiger partial charge in [-0.15, -0.1) is 0 Å². The van der Waals surface area contributed by atoms with Crippen molar-refractivity contribution in [2.45, 2.75) is 62.3 Å². The molecule has 3 aromatic carbocycles. The van der Waals surface area contributed by atoms with E-state index in [1.165, 1.54) is 67.3 Å². The molecule has 1 aliphatic heterocycles.